The molecule has 2 rings (SSSR count). The predicted octanol–water partition coefficient (Wildman–Crippen LogP) is 1.61. The molecule has 4 nitrogen and oxygen atoms in total. The fourth-order valence-electron chi connectivity index (χ4n) is 2.51. The van der Waals surface area contributed by atoms with E-state index in [0.29, 0.717) is 18.6 Å². The lowest BCUT2D eigenvalue weighted by molar-refractivity contribution is 0.0421. The number of epoxide rings is 1. The number of ether oxygens (including phenoxy) is 3. The fraction of sp³-hybridized carbons (Fsp3) is 1.00. The van der Waals surface area contributed by atoms with E-state index in [-0.39, 0.29) is 6.61 Å². The molecule has 0 bridgehead atoms. The molecule has 1 saturated heterocycles. The van der Waals surface area contributed by atoms with Crippen LogP contribution in [-0.2, 0) is 14.2 Å². The van der Waals surface area contributed by atoms with Gasteiger partial charge in [-0.3, -0.25) is 0 Å². The molecule has 18 heavy (non-hydrogen) atoms. The van der Waals surface area contributed by atoms with Crippen LogP contribution in [0.5, 0.6) is 0 Å². The highest BCUT2D eigenvalue weighted by molar-refractivity contribution is 4.73. The van der Waals surface area contributed by atoms with Crippen LogP contribution in [0.2, 0.25) is 0 Å². The predicted molar refractivity (Wildman–Crippen MR) is 68.5 cm³/mol. The zero-order valence-corrected chi connectivity index (χ0v) is 11.2. The molecule has 2 aliphatic rings. The molecule has 1 aliphatic heterocycles. The van der Waals surface area contributed by atoms with Crippen molar-refractivity contribution >= 4 is 0 Å². The molecule has 1 aliphatic carbocycles. The van der Waals surface area contributed by atoms with E-state index < -0.39 is 0 Å². The second-order valence-electron chi connectivity index (χ2n) is 5.53. The second-order valence-corrected chi connectivity index (χ2v) is 5.53. The Morgan fingerprint density at radius 2 is 1.56 bits per heavy atom. The van der Waals surface area contributed by atoms with Crippen LogP contribution in [0.25, 0.3) is 0 Å². The quantitative estimate of drug-likeness (QED) is 0.504. The van der Waals surface area contributed by atoms with Crippen molar-refractivity contribution < 1.29 is 19.3 Å². The van der Waals surface area contributed by atoms with Gasteiger partial charge >= 0.3 is 0 Å². The number of rotatable bonds is 9. The molecule has 2 fully saturated rings. The van der Waals surface area contributed by atoms with Gasteiger partial charge in [0.15, 0.2) is 0 Å². The maximum atomic E-state index is 8.66. The minimum absolute atomic E-state index is 0.231. The van der Waals surface area contributed by atoms with E-state index in [1.165, 1.54) is 25.7 Å². The number of aliphatic hydroxyl groups is 1. The van der Waals surface area contributed by atoms with Crippen LogP contribution in [0.15, 0.2) is 0 Å². The third-order valence-corrected chi connectivity index (χ3v) is 3.83. The summed E-state index contributed by atoms with van der Waals surface area (Å²) >= 11 is 0. The molecule has 1 saturated carbocycles. The Hall–Kier alpha value is -0.160. The van der Waals surface area contributed by atoms with E-state index in [1.54, 1.807) is 0 Å². The molecule has 1 atom stereocenters. The Kier molecular flexibility index (Phi) is 6.41. The van der Waals surface area contributed by atoms with Gasteiger partial charge in [0.1, 0.15) is 6.10 Å². The van der Waals surface area contributed by atoms with Crippen LogP contribution >= 0.6 is 0 Å². The van der Waals surface area contributed by atoms with Crippen molar-refractivity contribution in [2.24, 2.45) is 11.8 Å². The van der Waals surface area contributed by atoms with Crippen molar-refractivity contribution in [2.75, 3.05) is 39.6 Å². The Morgan fingerprint density at radius 1 is 0.944 bits per heavy atom. The summed E-state index contributed by atoms with van der Waals surface area (Å²) in [6.07, 6.45) is 6.19. The third kappa shape index (κ3) is 5.65. The van der Waals surface area contributed by atoms with E-state index in [4.69, 9.17) is 19.3 Å². The first-order valence-electron chi connectivity index (χ1n) is 7.26. The summed E-state index contributed by atoms with van der Waals surface area (Å²) in [4.78, 5) is 0. The molecular weight excluding hydrogens is 232 g/mol. The summed E-state index contributed by atoms with van der Waals surface area (Å²) in [7, 11) is 0. The van der Waals surface area contributed by atoms with E-state index >= 15 is 0 Å². The Balaban J connectivity index is 1.45. The molecular formula is C14H26O4. The summed E-state index contributed by atoms with van der Waals surface area (Å²) in [5.41, 5.74) is 0. The highest BCUT2D eigenvalue weighted by Gasteiger charge is 2.25. The summed E-state index contributed by atoms with van der Waals surface area (Å²) in [5, 5.41) is 8.66. The number of hydrogen-bond acceptors (Lipinski definition) is 4. The zero-order chi connectivity index (χ0) is 12.6. The van der Waals surface area contributed by atoms with E-state index in [9.17, 15) is 0 Å². The van der Waals surface area contributed by atoms with Gasteiger partial charge in [-0.1, -0.05) is 0 Å². The molecule has 106 valence electrons. The standard InChI is InChI=1S/C14H26O4/c15-6-1-7-16-8-12-2-4-13(5-3-12)9-17-10-14-11-18-14/h12-15H,1-11H2. The van der Waals surface area contributed by atoms with Crippen LogP contribution in [0.4, 0.5) is 0 Å². The first-order chi connectivity index (χ1) is 8.88. The van der Waals surface area contributed by atoms with Gasteiger partial charge in [0.2, 0.25) is 0 Å². The summed E-state index contributed by atoms with van der Waals surface area (Å²) < 4.78 is 16.3. The molecule has 1 N–H and O–H groups in total. The van der Waals surface area contributed by atoms with E-state index in [0.717, 1.165) is 38.8 Å². The van der Waals surface area contributed by atoms with Crippen molar-refractivity contribution in [3.05, 3.63) is 0 Å². The summed E-state index contributed by atoms with van der Waals surface area (Å²) in [5.74, 6) is 1.45. The molecule has 1 heterocycles. The topological polar surface area (TPSA) is 51.2 Å². The average molecular weight is 258 g/mol. The molecule has 0 amide bonds. The fourth-order valence-corrected chi connectivity index (χ4v) is 2.51. The van der Waals surface area contributed by atoms with Crippen molar-refractivity contribution in [1.29, 1.82) is 0 Å². The lowest BCUT2D eigenvalue weighted by Gasteiger charge is -2.28. The van der Waals surface area contributed by atoms with Crippen LogP contribution in [0.3, 0.4) is 0 Å². The number of hydrogen-bond donors (Lipinski definition) is 1. The molecule has 0 aromatic heterocycles. The maximum absolute atomic E-state index is 8.66. The minimum atomic E-state index is 0.231. The van der Waals surface area contributed by atoms with Crippen molar-refractivity contribution in [1.82, 2.24) is 0 Å². The highest BCUT2D eigenvalue weighted by atomic mass is 16.6. The van der Waals surface area contributed by atoms with Gasteiger partial charge in [0, 0.05) is 26.4 Å². The van der Waals surface area contributed by atoms with Gasteiger partial charge in [-0.05, 0) is 43.9 Å². The third-order valence-electron chi connectivity index (χ3n) is 3.83. The molecule has 4 heteroatoms. The van der Waals surface area contributed by atoms with Crippen molar-refractivity contribution in [3.63, 3.8) is 0 Å². The Morgan fingerprint density at radius 3 is 2.11 bits per heavy atom. The summed E-state index contributed by atoms with van der Waals surface area (Å²) in [6.45, 7) is 4.36. The normalized spacial score (nSPS) is 31.5. The van der Waals surface area contributed by atoms with Gasteiger partial charge in [-0.25, -0.2) is 0 Å². The minimum Gasteiger partial charge on any atom is -0.396 e. The zero-order valence-electron chi connectivity index (χ0n) is 11.2. The van der Waals surface area contributed by atoms with Gasteiger partial charge < -0.3 is 19.3 Å². The highest BCUT2D eigenvalue weighted by Crippen LogP contribution is 2.29. The van der Waals surface area contributed by atoms with Gasteiger partial charge in [0.05, 0.1) is 13.2 Å². The molecule has 0 spiro atoms. The van der Waals surface area contributed by atoms with Gasteiger partial charge in [0.25, 0.3) is 0 Å². The monoisotopic (exact) mass is 258 g/mol. The van der Waals surface area contributed by atoms with Gasteiger partial charge in [-0.2, -0.15) is 0 Å². The lowest BCUT2D eigenvalue weighted by atomic mass is 9.83. The van der Waals surface area contributed by atoms with Crippen LogP contribution in [0, 0.1) is 11.8 Å². The van der Waals surface area contributed by atoms with Crippen molar-refractivity contribution in [3.8, 4) is 0 Å². The Labute approximate surface area is 110 Å². The SMILES string of the molecule is OCCCOCC1CCC(COCC2CO2)CC1. The Bertz CT molecular complexity index is 210. The van der Waals surface area contributed by atoms with Crippen LogP contribution in [-0.4, -0.2) is 50.9 Å². The largest absolute Gasteiger partial charge is 0.396 e. The summed E-state index contributed by atoms with van der Waals surface area (Å²) in [6, 6.07) is 0. The first-order valence-corrected chi connectivity index (χ1v) is 7.26. The van der Waals surface area contributed by atoms with Crippen LogP contribution < -0.4 is 0 Å². The average Bonchev–Trinajstić information content (AvgIpc) is 3.21. The maximum Gasteiger partial charge on any atom is 0.104 e. The lowest BCUT2D eigenvalue weighted by Crippen LogP contribution is -2.22. The first kappa shape index (κ1) is 14.3. The molecule has 0 aromatic carbocycles. The van der Waals surface area contributed by atoms with E-state index in [1.807, 2.05) is 0 Å². The van der Waals surface area contributed by atoms with Crippen LogP contribution in [0.1, 0.15) is 32.1 Å². The van der Waals surface area contributed by atoms with Crippen molar-refractivity contribution in [2.45, 2.75) is 38.2 Å². The molecule has 0 aromatic rings. The van der Waals surface area contributed by atoms with Gasteiger partial charge in [-0.15, -0.1) is 0 Å². The smallest absolute Gasteiger partial charge is 0.104 e. The van der Waals surface area contributed by atoms with E-state index in [2.05, 4.69) is 0 Å². The number of aliphatic hydroxyl groups excluding tert-OH is 1. The molecule has 1 unspecified atom stereocenters. The second kappa shape index (κ2) is 8.10. The molecule has 0 radical (unpaired) electrons.